The summed E-state index contributed by atoms with van der Waals surface area (Å²) < 4.78 is 5.15. The summed E-state index contributed by atoms with van der Waals surface area (Å²) in [4.78, 5) is 23.2. The summed E-state index contributed by atoms with van der Waals surface area (Å²) in [5.41, 5.74) is 2.22. The molecule has 0 spiro atoms. The SMILES string of the molecule is COc1ccc(-c2ncc(C(=O)N3CCCC3)c(C)n2)cc1. The minimum Gasteiger partial charge on any atom is -0.497 e. The second-order valence-electron chi connectivity index (χ2n) is 5.42. The van der Waals surface area contributed by atoms with Gasteiger partial charge in [0.15, 0.2) is 5.82 Å². The Hall–Kier alpha value is -2.43. The Morgan fingerprint density at radius 1 is 1.18 bits per heavy atom. The number of likely N-dealkylation sites (tertiary alicyclic amines) is 1. The summed E-state index contributed by atoms with van der Waals surface area (Å²) >= 11 is 0. The first-order chi connectivity index (χ1) is 10.7. The number of benzene rings is 1. The molecule has 5 heteroatoms. The lowest BCUT2D eigenvalue weighted by molar-refractivity contribution is 0.0791. The molecule has 22 heavy (non-hydrogen) atoms. The lowest BCUT2D eigenvalue weighted by Gasteiger charge is -2.16. The number of ether oxygens (including phenoxy) is 1. The molecular formula is C17H19N3O2. The van der Waals surface area contributed by atoms with Gasteiger partial charge in [0.25, 0.3) is 5.91 Å². The molecule has 1 aliphatic rings. The van der Waals surface area contributed by atoms with E-state index in [2.05, 4.69) is 9.97 Å². The molecular weight excluding hydrogens is 278 g/mol. The fourth-order valence-corrected chi connectivity index (χ4v) is 2.65. The van der Waals surface area contributed by atoms with E-state index in [4.69, 9.17) is 4.74 Å². The molecule has 1 saturated heterocycles. The second kappa shape index (κ2) is 6.13. The standard InChI is InChI=1S/C17H19N3O2/c1-12-15(17(21)20-9-3-4-10-20)11-18-16(19-12)13-5-7-14(22-2)8-6-13/h5-8,11H,3-4,9-10H2,1-2H3. The number of hydrogen-bond acceptors (Lipinski definition) is 4. The van der Waals surface area contributed by atoms with Gasteiger partial charge < -0.3 is 9.64 Å². The number of methoxy groups -OCH3 is 1. The van der Waals surface area contributed by atoms with Crippen LogP contribution in [0.1, 0.15) is 28.9 Å². The fourth-order valence-electron chi connectivity index (χ4n) is 2.65. The maximum atomic E-state index is 12.4. The molecule has 0 N–H and O–H groups in total. The van der Waals surface area contributed by atoms with Crippen LogP contribution in [0.15, 0.2) is 30.5 Å². The summed E-state index contributed by atoms with van der Waals surface area (Å²) in [6.45, 7) is 3.52. The van der Waals surface area contributed by atoms with E-state index in [-0.39, 0.29) is 5.91 Å². The summed E-state index contributed by atoms with van der Waals surface area (Å²) in [6.07, 6.45) is 3.80. The zero-order chi connectivity index (χ0) is 15.5. The van der Waals surface area contributed by atoms with E-state index in [1.807, 2.05) is 36.1 Å². The van der Waals surface area contributed by atoms with E-state index in [9.17, 15) is 4.79 Å². The second-order valence-corrected chi connectivity index (χ2v) is 5.42. The van der Waals surface area contributed by atoms with E-state index in [0.717, 1.165) is 42.9 Å². The van der Waals surface area contributed by atoms with Crippen LogP contribution < -0.4 is 4.74 Å². The number of amides is 1. The Morgan fingerprint density at radius 2 is 1.86 bits per heavy atom. The molecule has 3 rings (SSSR count). The predicted octanol–water partition coefficient (Wildman–Crippen LogP) is 2.70. The van der Waals surface area contributed by atoms with Gasteiger partial charge in [-0.05, 0) is 44.0 Å². The van der Waals surface area contributed by atoms with Crippen molar-refractivity contribution in [3.63, 3.8) is 0 Å². The highest BCUT2D eigenvalue weighted by Crippen LogP contribution is 2.21. The molecule has 0 unspecified atom stereocenters. The third-order valence-corrected chi connectivity index (χ3v) is 3.95. The van der Waals surface area contributed by atoms with Crippen LogP contribution in [-0.2, 0) is 0 Å². The van der Waals surface area contributed by atoms with Gasteiger partial charge in [-0.25, -0.2) is 9.97 Å². The van der Waals surface area contributed by atoms with Crippen molar-refractivity contribution in [3.8, 4) is 17.1 Å². The van der Waals surface area contributed by atoms with Gasteiger partial charge >= 0.3 is 0 Å². The Labute approximate surface area is 130 Å². The minimum atomic E-state index is 0.0382. The van der Waals surface area contributed by atoms with Crippen molar-refractivity contribution in [2.24, 2.45) is 0 Å². The quantitative estimate of drug-likeness (QED) is 0.874. The fraction of sp³-hybridized carbons (Fsp3) is 0.353. The van der Waals surface area contributed by atoms with Gasteiger partial charge in [-0.1, -0.05) is 0 Å². The Bertz CT molecular complexity index is 677. The highest BCUT2D eigenvalue weighted by molar-refractivity contribution is 5.95. The van der Waals surface area contributed by atoms with Crippen molar-refractivity contribution in [3.05, 3.63) is 41.7 Å². The monoisotopic (exact) mass is 297 g/mol. The largest absolute Gasteiger partial charge is 0.497 e. The zero-order valence-electron chi connectivity index (χ0n) is 12.9. The number of aryl methyl sites for hydroxylation is 1. The number of carbonyl (C=O) groups is 1. The molecule has 0 radical (unpaired) electrons. The average Bonchev–Trinajstić information content (AvgIpc) is 3.09. The number of nitrogens with zero attached hydrogens (tertiary/aromatic N) is 3. The van der Waals surface area contributed by atoms with E-state index < -0.39 is 0 Å². The molecule has 0 atom stereocenters. The first-order valence-corrected chi connectivity index (χ1v) is 7.46. The van der Waals surface area contributed by atoms with Crippen LogP contribution in [0.5, 0.6) is 5.75 Å². The maximum absolute atomic E-state index is 12.4. The average molecular weight is 297 g/mol. The Kier molecular flexibility index (Phi) is 4.04. The summed E-state index contributed by atoms with van der Waals surface area (Å²) in [5.74, 6) is 1.45. The summed E-state index contributed by atoms with van der Waals surface area (Å²) in [7, 11) is 1.63. The van der Waals surface area contributed by atoms with Crippen molar-refractivity contribution >= 4 is 5.91 Å². The van der Waals surface area contributed by atoms with Gasteiger partial charge in [-0.3, -0.25) is 4.79 Å². The summed E-state index contributed by atoms with van der Waals surface area (Å²) in [5, 5.41) is 0. The third-order valence-electron chi connectivity index (χ3n) is 3.95. The van der Waals surface area contributed by atoms with Gasteiger partial charge in [-0.15, -0.1) is 0 Å². The van der Waals surface area contributed by atoms with Crippen LogP contribution in [-0.4, -0.2) is 41.0 Å². The zero-order valence-corrected chi connectivity index (χ0v) is 12.9. The normalized spacial score (nSPS) is 14.2. The molecule has 1 aromatic carbocycles. The topological polar surface area (TPSA) is 55.3 Å². The van der Waals surface area contributed by atoms with Gasteiger partial charge in [0.2, 0.25) is 0 Å². The number of hydrogen-bond donors (Lipinski definition) is 0. The molecule has 0 aliphatic carbocycles. The van der Waals surface area contributed by atoms with Crippen molar-refractivity contribution in [1.82, 2.24) is 14.9 Å². The van der Waals surface area contributed by atoms with Crippen LogP contribution in [0.4, 0.5) is 0 Å². The third kappa shape index (κ3) is 2.79. The number of carbonyl (C=O) groups excluding carboxylic acids is 1. The molecule has 1 aromatic heterocycles. The molecule has 5 nitrogen and oxygen atoms in total. The minimum absolute atomic E-state index is 0.0382. The molecule has 2 aromatic rings. The molecule has 1 amide bonds. The van der Waals surface area contributed by atoms with E-state index in [1.165, 1.54) is 0 Å². The highest BCUT2D eigenvalue weighted by atomic mass is 16.5. The number of aromatic nitrogens is 2. The smallest absolute Gasteiger partial charge is 0.257 e. The van der Waals surface area contributed by atoms with Crippen LogP contribution in [0.3, 0.4) is 0 Å². The van der Waals surface area contributed by atoms with Crippen molar-refractivity contribution in [1.29, 1.82) is 0 Å². The Morgan fingerprint density at radius 3 is 2.45 bits per heavy atom. The van der Waals surface area contributed by atoms with E-state index in [0.29, 0.717) is 11.4 Å². The molecule has 1 aliphatic heterocycles. The molecule has 0 saturated carbocycles. The van der Waals surface area contributed by atoms with Gasteiger partial charge in [-0.2, -0.15) is 0 Å². The predicted molar refractivity (Wildman–Crippen MR) is 83.9 cm³/mol. The Balaban J connectivity index is 1.86. The van der Waals surface area contributed by atoms with Crippen LogP contribution >= 0.6 is 0 Å². The summed E-state index contributed by atoms with van der Waals surface area (Å²) in [6, 6.07) is 7.57. The molecule has 0 bridgehead atoms. The molecule has 114 valence electrons. The first kappa shape index (κ1) is 14.5. The molecule has 1 fully saturated rings. The van der Waals surface area contributed by atoms with Gasteiger partial charge in [0.1, 0.15) is 5.75 Å². The maximum Gasteiger partial charge on any atom is 0.257 e. The van der Waals surface area contributed by atoms with Gasteiger partial charge in [0.05, 0.1) is 18.4 Å². The van der Waals surface area contributed by atoms with Crippen LogP contribution in [0.2, 0.25) is 0 Å². The lowest BCUT2D eigenvalue weighted by Crippen LogP contribution is -2.28. The van der Waals surface area contributed by atoms with Crippen molar-refractivity contribution in [2.45, 2.75) is 19.8 Å². The van der Waals surface area contributed by atoms with Crippen LogP contribution in [0.25, 0.3) is 11.4 Å². The van der Waals surface area contributed by atoms with E-state index >= 15 is 0 Å². The highest BCUT2D eigenvalue weighted by Gasteiger charge is 2.22. The lowest BCUT2D eigenvalue weighted by atomic mass is 10.1. The number of rotatable bonds is 3. The van der Waals surface area contributed by atoms with Crippen molar-refractivity contribution in [2.75, 3.05) is 20.2 Å². The van der Waals surface area contributed by atoms with Crippen LogP contribution in [0, 0.1) is 6.92 Å². The van der Waals surface area contributed by atoms with E-state index in [1.54, 1.807) is 13.3 Å². The first-order valence-electron chi connectivity index (χ1n) is 7.46. The van der Waals surface area contributed by atoms with Crippen molar-refractivity contribution < 1.29 is 9.53 Å². The molecule has 2 heterocycles. The van der Waals surface area contributed by atoms with Gasteiger partial charge in [0, 0.05) is 24.8 Å².